The Bertz CT molecular complexity index is 945. The SMILES string of the molecule is CC(=O)N1c2ccc(/C(N)=C/N(N)CCO)cc2[C@H](Nc2ncccc2C)C[C@@H]1C. The van der Waals surface area contributed by atoms with Crippen molar-refractivity contribution in [1.82, 2.24) is 9.99 Å². The maximum atomic E-state index is 12.3. The van der Waals surface area contributed by atoms with Crippen LogP contribution in [0.5, 0.6) is 0 Å². The van der Waals surface area contributed by atoms with Crippen LogP contribution < -0.4 is 21.8 Å². The fourth-order valence-electron chi connectivity index (χ4n) is 3.90. The number of anilines is 2. The van der Waals surface area contributed by atoms with Crippen molar-refractivity contribution in [2.45, 2.75) is 39.3 Å². The van der Waals surface area contributed by atoms with Crippen molar-refractivity contribution >= 4 is 23.1 Å². The molecule has 1 aliphatic rings. The lowest BCUT2D eigenvalue weighted by Crippen LogP contribution is -2.43. The second-order valence-electron chi connectivity index (χ2n) is 7.66. The highest BCUT2D eigenvalue weighted by Gasteiger charge is 2.33. The van der Waals surface area contributed by atoms with Gasteiger partial charge in [-0.15, -0.1) is 0 Å². The van der Waals surface area contributed by atoms with E-state index in [0.717, 1.165) is 34.6 Å². The number of hydrogen-bond donors (Lipinski definition) is 4. The highest BCUT2D eigenvalue weighted by atomic mass is 16.3. The van der Waals surface area contributed by atoms with Crippen LogP contribution in [0.15, 0.2) is 42.7 Å². The monoisotopic (exact) mass is 410 g/mol. The molecule has 0 aliphatic carbocycles. The topological polar surface area (TPSA) is 121 Å². The molecule has 0 saturated heterocycles. The normalized spacial score (nSPS) is 18.7. The standard InChI is InChI=1S/C22H30N6O2/c1-14-5-4-8-25-22(14)26-20-11-15(2)28(16(3)30)21-7-6-17(12-18(20)21)19(23)13-27(24)9-10-29/h4-8,12-13,15,20,29H,9-11,23-24H2,1-3H3,(H,25,26)/b19-13-/t15-,20+/m0/s1. The molecule has 8 heteroatoms. The lowest BCUT2D eigenvalue weighted by molar-refractivity contribution is -0.117. The summed E-state index contributed by atoms with van der Waals surface area (Å²) >= 11 is 0. The molecule has 8 nitrogen and oxygen atoms in total. The van der Waals surface area contributed by atoms with Gasteiger partial charge in [0.15, 0.2) is 0 Å². The molecule has 0 radical (unpaired) electrons. The van der Waals surface area contributed by atoms with Crippen LogP contribution in [0.25, 0.3) is 5.70 Å². The summed E-state index contributed by atoms with van der Waals surface area (Å²) in [5.74, 6) is 6.65. The number of fused-ring (bicyclic) bond motifs is 1. The van der Waals surface area contributed by atoms with Gasteiger partial charge in [-0.1, -0.05) is 12.1 Å². The molecule has 160 valence electrons. The van der Waals surface area contributed by atoms with Crippen molar-refractivity contribution in [3.8, 4) is 0 Å². The number of benzene rings is 1. The van der Waals surface area contributed by atoms with Crippen molar-refractivity contribution < 1.29 is 9.90 Å². The van der Waals surface area contributed by atoms with Gasteiger partial charge in [-0.2, -0.15) is 0 Å². The number of rotatable bonds is 6. The van der Waals surface area contributed by atoms with Crippen LogP contribution in [0.3, 0.4) is 0 Å². The predicted octanol–water partition coefficient (Wildman–Crippen LogP) is 2.11. The summed E-state index contributed by atoms with van der Waals surface area (Å²) in [7, 11) is 0. The van der Waals surface area contributed by atoms with E-state index in [1.165, 1.54) is 5.01 Å². The number of aliphatic hydroxyl groups is 1. The average Bonchev–Trinajstić information content (AvgIpc) is 2.69. The third-order valence-corrected chi connectivity index (χ3v) is 5.34. The Balaban J connectivity index is 2.03. The molecule has 0 spiro atoms. The third-order valence-electron chi connectivity index (χ3n) is 5.34. The lowest BCUT2D eigenvalue weighted by Gasteiger charge is -2.39. The molecule has 1 aromatic carbocycles. The van der Waals surface area contributed by atoms with Crippen LogP contribution in [0.2, 0.25) is 0 Å². The third kappa shape index (κ3) is 4.55. The van der Waals surface area contributed by atoms with E-state index >= 15 is 0 Å². The molecule has 0 fully saturated rings. The molecule has 1 aromatic heterocycles. The van der Waals surface area contributed by atoms with Gasteiger partial charge in [0.1, 0.15) is 5.82 Å². The van der Waals surface area contributed by atoms with Gasteiger partial charge in [-0.3, -0.25) is 4.79 Å². The zero-order valence-electron chi connectivity index (χ0n) is 17.7. The summed E-state index contributed by atoms with van der Waals surface area (Å²) in [5, 5.41) is 13.9. The van der Waals surface area contributed by atoms with E-state index in [-0.39, 0.29) is 31.1 Å². The summed E-state index contributed by atoms with van der Waals surface area (Å²) in [6.07, 6.45) is 4.10. The number of pyridine rings is 1. The maximum absolute atomic E-state index is 12.3. The number of nitrogens with one attached hydrogen (secondary N) is 1. The van der Waals surface area contributed by atoms with Gasteiger partial charge in [-0.05, 0) is 55.2 Å². The molecule has 0 unspecified atom stereocenters. The number of aromatic nitrogens is 1. The van der Waals surface area contributed by atoms with E-state index in [4.69, 9.17) is 16.7 Å². The molecule has 6 N–H and O–H groups in total. The van der Waals surface area contributed by atoms with Crippen molar-refractivity contribution in [2.24, 2.45) is 11.6 Å². The molecule has 1 aliphatic heterocycles. The first-order valence-corrected chi connectivity index (χ1v) is 10.0. The minimum absolute atomic E-state index is 0.00330. The highest BCUT2D eigenvalue weighted by molar-refractivity contribution is 5.94. The van der Waals surface area contributed by atoms with Crippen LogP contribution in [0, 0.1) is 6.92 Å². The lowest BCUT2D eigenvalue weighted by atomic mass is 9.89. The van der Waals surface area contributed by atoms with Gasteiger partial charge < -0.3 is 26.1 Å². The van der Waals surface area contributed by atoms with Crippen molar-refractivity contribution in [3.63, 3.8) is 0 Å². The molecular weight excluding hydrogens is 380 g/mol. The molecule has 3 rings (SSSR count). The number of aryl methyl sites for hydroxylation is 1. The Morgan fingerprint density at radius 2 is 2.20 bits per heavy atom. The van der Waals surface area contributed by atoms with E-state index in [1.54, 1.807) is 19.3 Å². The fraction of sp³-hybridized carbons (Fsp3) is 0.364. The van der Waals surface area contributed by atoms with Crippen LogP contribution in [0.1, 0.15) is 43.0 Å². The van der Waals surface area contributed by atoms with Crippen LogP contribution in [-0.4, -0.2) is 40.2 Å². The van der Waals surface area contributed by atoms with Gasteiger partial charge in [0.25, 0.3) is 0 Å². The second-order valence-corrected chi connectivity index (χ2v) is 7.66. The Kier molecular flexibility index (Phi) is 6.59. The minimum atomic E-state index is -0.0641. The molecule has 2 heterocycles. The van der Waals surface area contributed by atoms with E-state index in [0.29, 0.717) is 5.70 Å². The highest BCUT2D eigenvalue weighted by Crippen LogP contribution is 2.40. The Morgan fingerprint density at radius 1 is 1.43 bits per heavy atom. The number of carbonyl (C=O) groups excluding carboxylic acids is 1. The molecule has 0 bridgehead atoms. The first-order valence-electron chi connectivity index (χ1n) is 10.0. The molecular formula is C22H30N6O2. The molecule has 2 aromatic rings. The van der Waals surface area contributed by atoms with Crippen molar-refractivity contribution in [1.29, 1.82) is 0 Å². The Labute approximate surface area is 177 Å². The minimum Gasteiger partial charge on any atom is -0.397 e. The number of hydrazine groups is 1. The fourth-order valence-corrected chi connectivity index (χ4v) is 3.90. The number of nitrogens with zero attached hydrogens (tertiary/aromatic N) is 3. The summed E-state index contributed by atoms with van der Waals surface area (Å²) in [5.41, 5.74) is 10.4. The summed E-state index contributed by atoms with van der Waals surface area (Å²) in [4.78, 5) is 18.6. The summed E-state index contributed by atoms with van der Waals surface area (Å²) < 4.78 is 0. The zero-order chi connectivity index (χ0) is 21.8. The number of amides is 1. The van der Waals surface area contributed by atoms with Crippen LogP contribution in [0.4, 0.5) is 11.5 Å². The first-order chi connectivity index (χ1) is 14.3. The molecule has 30 heavy (non-hydrogen) atoms. The van der Waals surface area contributed by atoms with E-state index < -0.39 is 0 Å². The van der Waals surface area contributed by atoms with Gasteiger partial charge in [0.05, 0.1) is 24.9 Å². The average molecular weight is 411 g/mol. The second kappa shape index (κ2) is 9.15. The smallest absolute Gasteiger partial charge is 0.224 e. The quantitative estimate of drug-likeness (QED) is 0.425. The molecule has 0 saturated carbocycles. The first kappa shape index (κ1) is 21.6. The maximum Gasteiger partial charge on any atom is 0.224 e. The molecule has 2 atom stereocenters. The van der Waals surface area contributed by atoms with E-state index in [2.05, 4.69) is 10.3 Å². The Morgan fingerprint density at radius 3 is 2.87 bits per heavy atom. The van der Waals surface area contributed by atoms with Crippen LogP contribution >= 0.6 is 0 Å². The number of nitrogens with two attached hydrogens (primary N) is 2. The van der Waals surface area contributed by atoms with Gasteiger partial charge in [-0.25, -0.2) is 10.8 Å². The van der Waals surface area contributed by atoms with Crippen molar-refractivity contribution in [3.05, 3.63) is 59.4 Å². The van der Waals surface area contributed by atoms with E-state index in [1.807, 2.05) is 49.1 Å². The Hall–Kier alpha value is -3.10. The predicted molar refractivity (Wildman–Crippen MR) is 119 cm³/mol. The van der Waals surface area contributed by atoms with Crippen molar-refractivity contribution in [2.75, 3.05) is 23.4 Å². The van der Waals surface area contributed by atoms with Gasteiger partial charge in [0.2, 0.25) is 5.91 Å². The van der Waals surface area contributed by atoms with E-state index in [9.17, 15) is 4.79 Å². The number of hydrogen-bond acceptors (Lipinski definition) is 7. The van der Waals surface area contributed by atoms with Gasteiger partial charge >= 0.3 is 0 Å². The summed E-state index contributed by atoms with van der Waals surface area (Å²) in [6, 6.07) is 9.73. The molecule has 1 amide bonds. The zero-order valence-corrected chi connectivity index (χ0v) is 17.7. The van der Waals surface area contributed by atoms with Crippen LogP contribution in [-0.2, 0) is 4.79 Å². The summed E-state index contributed by atoms with van der Waals surface area (Å²) in [6.45, 7) is 5.86. The number of carbonyl (C=O) groups is 1. The number of aliphatic hydroxyl groups excluding tert-OH is 1. The van der Waals surface area contributed by atoms with Gasteiger partial charge in [0, 0.05) is 31.0 Å². The largest absolute Gasteiger partial charge is 0.397 e.